The van der Waals surface area contributed by atoms with Gasteiger partial charge in [0.05, 0.1) is 16.6 Å². The highest BCUT2D eigenvalue weighted by Gasteiger charge is 2.19. The van der Waals surface area contributed by atoms with Crippen LogP contribution in [0.25, 0.3) is 10.9 Å². The fraction of sp³-hybridized carbons (Fsp3) is 0.400. The minimum absolute atomic E-state index is 0.123. The molecule has 1 aliphatic rings. The van der Waals surface area contributed by atoms with Crippen molar-refractivity contribution in [3.05, 3.63) is 35.5 Å². The van der Waals surface area contributed by atoms with Gasteiger partial charge in [0.2, 0.25) is 0 Å². The van der Waals surface area contributed by atoms with Crippen molar-refractivity contribution in [3.8, 4) is 0 Å². The summed E-state index contributed by atoms with van der Waals surface area (Å²) in [6.07, 6.45) is 5.40. The number of nitrogens with one attached hydrogen (secondary N) is 1. The molecule has 0 radical (unpaired) electrons. The van der Waals surface area contributed by atoms with Gasteiger partial charge in [-0.3, -0.25) is 4.98 Å². The molecular weight excluding hydrogens is 260 g/mol. The van der Waals surface area contributed by atoms with Crippen LogP contribution in [-0.4, -0.2) is 22.2 Å². The third-order valence-electron chi connectivity index (χ3n) is 3.78. The van der Waals surface area contributed by atoms with Gasteiger partial charge in [0.15, 0.2) is 0 Å². The highest BCUT2D eigenvalue weighted by atomic mass is 35.5. The Labute approximate surface area is 117 Å². The van der Waals surface area contributed by atoms with Crippen molar-refractivity contribution in [2.24, 2.45) is 0 Å². The number of pyridine rings is 1. The molecule has 1 aromatic heterocycles. The second kappa shape index (κ2) is 5.35. The summed E-state index contributed by atoms with van der Waals surface area (Å²) in [5, 5.41) is 14.8. The van der Waals surface area contributed by atoms with E-state index in [4.69, 9.17) is 11.6 Å². The number of anilines is 1. The quantitative estimate of drug-likeness (QED) is 0.881. The van der Waals surface area contributed by atoms with E-state index in [-0.39, 0.29) is 6.10 Å². The number of benzene rings is 1. The Kier molecular flexibility index (Phi) is 3.58. The van der Waals surface area contributed by atoms with Crippen molar-refractivity contribution >= 4 is 28.2 Å². The van der Waals surface area contributed by atoms with E-state index < -0.39 is 0 Å². The molecule has 2 aromatic rings. The third-order valence-corrected chi connectivity index (χ3v) is 4.08. The molecule has 0 spiro atoms. The van der Waals surface area contributed by atoms with E-state index >= 15 is 0 Å². The van der Waals surface area contributed by atoms with Crippen LogP contribution >= 0.6 is 11.6 Å². The molecule has 0 atom stereocenters. The number of rotatable bonds is 2. The number of aromatic nitrogens is 1. The summed E-state index contributed by atoms with van der Waals surface area (Å²) in [7, 11) is 0. The topological polar surface area (TPSA) is 45.1 Å². The van der Waals surface area contributed by atoms with Gasteiger partial charge < -0.3 is 10.4 Å². The number of nitrogens with zero attached hydrogens (tertiary/aromatic N) is 1. The van der Waals surface area contributed by atoms with Gasteiger partial charge in [-0.05, 0) is 49.9 Å². The first-order chi connectivity index (χ1) is 9.24. The molecule has 19 heavy (non-hydrogen) atoms. The van der Waals surface area contributed by atoms with E-state index in [0.29, 0.717) is 11.1 Å². The largest absolute Gasteiger partial charge is 0.393 e. The Morgan fingerprint density at radius 1 is 1.16 bits per heavy atom. The van der Waals surface area contributed by atoms with Gasteiger partial charge in [-0.1, -0.05) is 11.6 Å². The van der Waals surface area contributed by atoms with Crippen LogP contribution < -0.4 is 5.32 Å². The first kappa shape index (κ1) is 12.7. The van der Waals surface area contributed by atoms with E-state index in [1.54, 1.807) is 6.20 Å². The fourth-order valence-corrected chi connectivity index (χ4v) is 2.92. The standard InChI is InChI=1S/C15H17ClN2O/c16-13-7-8-14(12-2-1-9-17-15(12)13)18-10-3-5-11(19)6-4-10/h1-2,7-11,18-19H,3-6H2. The lowest BCUT2D eigenvalue weighted by Crippen LogP contribution is -2.28. The fourth-order valence-electron chi connectivity index (χ4n) is 2.70. The highest BCUT2D eigenvalue weighted by molar-refractivity contribution is 6.35. The number of hydrogen-bond acceptors (Lipinski definition) is 3. The number of hydrogen-bond donors (Lipinski definition) is 2. The van der Waals surface area contributed by atoms with Crippen LogP contribution in [0.15, 0.2) is 30.5 Å². The molecule has 0 unspecified atom stereocenters. The van der Waals surface area contributed by atoms with Gasteiger partial charge in [0.25, 0.3) is 0 Å². The van der Waals surface area contributed by atoms with Crippen LogP contribution in [0.1, 0.15) is 25.7 Å². The highest BCUT2D eigenvalue weighted by Crippen LogP contribution is 2.30. The second-order valence-electron chi connectivity index (χ2n) is 5.14. The van der Waals surface area contributed by atoms with Gasteiger partial charge in [0, 0.05) is 23.3 Å². The number of aliphatic hydroxyl groups excluding tert-OH is 1. The summed E-state index contributed by atoms with van der Waals surface area (Å²) in [5.74, 6) is 0. The molecule has 0 bridgehead atoms. The molecule has 0 aliphatic heterocycles. The van der Waals surface area contributed by atoms with Crippen molar-refractivity contribution in [3.63, 3.8) is 0 Å². The van der Waals surface area contributed by atoms with Crippen LogP contribution in [0.3, 0.4) is 0 Å². The van der Waals surface area contributed by atoms with E-state index in [2.05, 4.69) is 10.3 Å². The average Bonchev–Trinajstić information content (AvgIpc) is 2.45. The Hall–Kier alpha value is -1.32. The Morgan fingerprint density at radius 2 is 1.95 bits per heavy atom. The summed E-state index contributed by atoms with van der Waals surface area (Å²) >= 11 is 6.17. The molecule has 2 N–H and O–H groups in total. The molecule has 1 heterocycles. The van der Waals surface area contributed by atoms with E-state index in [9.17, 15) is 5.11 Å². The van der Waals surface area contributed by atoms with Crippen molar-refractivity contribution in [2.75, 3.05) is 5.32 Å². The van der Waals surface area contributed by atoms with Gasteiger partial charge in [-0.2, -0.15) is 0 Å². The van der Waals surface area contributed by atoms with Crippen molar-refractivity contribution < 1.29 is 5.11 Å². The van der Waals surface area contributed by atoms with Crippen LogP contribution in [0, 0.1) is 0 Å². The maximum absolute atomic E-state index is 9.55. The lowest BCUT2D eigenvalue weighted by Gasteiger charge is -2.27. The predicted octanol–water partition coefficient (Wildman–Crippen LogP) is 3.60. The molecular formula is C15H17ClN2O. The normalized spacial score (nSPS) is 23.5. The maximum Gasteiger partial charge on any atom is 0.0908 e. The lowest BCUT2D eigenvalue weighted by atomic mass is 9.93. The third kappa shape index (κ3) is 2.67. The SMILES string of the molecule is OC1CCC(Nc2ccc(Cl)c3ncccc23)CC1. The summed E-state index contributed by atoms with van der Waals surface area (Å²) in [6.45, 7) is 0. The van der Waals surface area contributed by atoms with Gasteiger partial charge in [-0.15, -0.1) is 0 Å². The molecule has 1 fully saturated rings. The minimum atomic E-state index is -0.123. The van der Waals surface area contributed by atoms with E-state index in [0.717, 1.165) is 42.3 Å². The Morgan fingerprint density at radius 3 is 2.74 bits per heavy atom. The van der Waals surface area contributed by atoms with Crippen molar-refractivity contribution in [2.45, 2.75) is 37.8 Å². The maximum atomic E-state index is 9.55. The summed E-state index contributed by atoms with van der Waals surface area (Å²) in [5.41, 5.74) is 1.92. The monoisotopic (exact) mass is 276 g/mol. The number of aliphatic hydroxyl groups is 1. The van der Waals surface area contributed by atoms with Crippen LogP contribution in [-0.2, 0) is 0 Å². The lowest BCUT2D eigenvalue weighted by molar-refractivity contribution is 0.126. The zero-order valence-electron chi connectivity index (χ0n) is 10.6. The molecule has 1 aromatic carbocycles. The van der Waals surface area contributed by atoms with Crippen LogP contribution in [0.4, 0.5) is 5.69 Å². The average molecular weight is 277 g/mol. The van der Waals surface area contributed by atoms with Crippen LogP contribution in [0.2, 0.25) is 5.02 Å². The van der Waals surface area contributed by atoms with E-state index in [1.165, 1.54) is 0 Å². The zero-order valence-corrected chi connectivity index (χ0v) is 11.4. The van der Waals surface area contributed by atoms with Gasteiger partial charge >= 0.3 is 0 Å². The molecule has 4 heteroatoms. The molecule has 0 amide bonds. The van der Waals surface area contributed by atoms with Crippen molar-refractivity contribution in [1.29, 1.82) is 0 Å². The number of fused-ring (bicyclic) bond motifs is 1. The second-order valence-corrected chi connectivity index (χ2v) is 5.55. The molecule has 3 nitrogen and oxygen atoms in total. The zero-order chi connectivity index (χ0) is 13.2. The first-order valence-corrected chi connectivity index (χ1v) is 7.09. The molecule has 0 saturated heterocycles. The van der Waals surface area contributed by atoms with Gasteiger partial charge in [0.1, 0.15) is 0 Å². The Bertz CT molecular complexity index is 579. The molecule has 3 rings (SSSR count). The summed E-state index contributed by atoms with van der Waals surface area (Å²) in [4.78, 5) is 4.33. The summed E-state index contributed by atoms with van der Waals surface area (Å²) < 4.78 is 0. The summed E-state index contributed by atoms with van der Waals surface area (Å²) in [6, 6.07) is 8.28. The molecule has 1 saturated carbocycles. The predicted molar refractivity (Wildman–Crippen MR) is 78.6 cm³/mol. The van der Waals surface area contributed by atoms with Crippen LogP contribution in [0.5, 0.6) is 0 Å². The number of halogens is 1. The molecule has 100 valence electrons. The Balaban J connectivity index is 1.87. The van der Waals surface area contributed by atoms with Gasteiger partial charge in [-0.25, -0.2) is 0 Å². The first-order valence-electron chi connectivity index (χ1n) is 6.72. The van der Waals surface area contributed by atoms with Crippen molar-refractivity contribution in [1.82, 2.24) is 4.98 Å². The smallest absolute Gasteiger partial charge is 0.0908 e. The molecule has 1 aliphatic carbocycles. The minimum Gasteiger partial charge on any atom is -0.393 e. The van der Waals surface area contributed by atoms with E-state index in [1.807, 2.05) is 24.3 Å².